The van der Waals surface area contributed by atoms with Crippen molar-refractivity contribution in [1.29, 1.82) is 0 Å². The molecule has 3 aromatic rings. The number of aliphatic carboxylic acids is 1. The average molecular weight is 448 g/mol. The van der Waals surface area contributed by atoms with Crippen LogP contribution in [0.3, 0.4) is 0 Å². The van der Waals surface area contributed by atoms with Crippen molar-refractivity contribution >= 4 is 12.1 Å². The minimum Gasteiger partial charge on any atom is -0.481 e. The lowest BCUT2D eigenvalue weighted by Crippen LogP contribution is -2.49. The first-order valence-electron chi connectivity index (χ1n) is 10.9. The number of hydrogen-bond donors (Lipinski definition) is 1. The summed E-state index contributed by atoms with van der Waals surface area (Å²) in [5.41, 5.74) is 2.51. The first kappa shape index (κ1) is 22.5. The van der Waals surface area contributed by atoms with Gasteiger partial charge in [-0.25, -0.2) is 9.18 Å². The lowest BCUT2D eigenvalue weighted by Gasteiger charge is -2.43. The number of carboxylic acids is 1. The summed E-state index contributed by atoms with van der Waals surface area (Å²) < 4.78 is 19.3. The summed E-state index contributed by atoms with van der Waals surface area (Å²) in [5.74, 6) is -1.38. The highest BCUT2D eigenvalue weighted by atomic mass is 19.1. The van der Waals surface area contributed by atoms with Crippen LogP contribution in [-0.4, -0.2) is 33.6 Å². The Morgan fingerprint density at radius 2 is 1.88 bits per heavy atom. The van der Waals surface area contributed by atoms with E-state index in [1.807, 2.05) is 43.3 Å². The van der Waals surface area contributed by atoms with Gasteiger partial charge in [0.05, 0.1) is 6.04 Å². The molecule has 0 saturated carbocycles. The van der Waals surface area contributed by atoms with Crippen molar-refractivity contribution in [2.45, 2.75) is 37.8 Å². The number of rotatable bonds is 7. The van der Waals surface area contributed by atoms with E-state index in [1.165, 1.54) is 12.1 Å². The van der Waals surface area contributed by atoms with Gasteiger partial charge in [0.15, 0.2) is 0 Å². The third kappa shape index (κ3) is 4.87. The van der Waals surface area contributed by atoms with Gasteiger partial charge in [-0.1, -0.05) is 42.5 Å². The molecule has 1 aromatic heterocycles. The zero-order chi connectivity index (χ0) is 23.4. The number of amides is 1. The number of halogens is 1. The summed E-state index contributed by atoms with van der Waals surface area (Å²) in [6.45, 7) is 2.32. The smallest absolute Gasteiger partial charge is 0.411 e. The van der Waals surface area contributed by atoms with Crippen molar-refractivity contribution in [2.24, 2.45) is 0 Å². The van der Waals surface area contributed by atoms with Crippen LogP contribution >= 0.6 is 0 Å². The number of ether oxygens (including phenoxy) is 1. The Morgan fingerprint density at radius 1 is 1.15 bits per heavy atom. The number of carboxylic acid groups (broad SMARTS) is 1. The summed E-state index contributed by atoms with van der Waals surface area (Å²) in [6, 6.07) is 17.3. The van der Waals surface area contributed by atoms with E-state index in [4.69, 9.17) is 4.74 Å². The van der Waals surface area contributed by atoms with E-state index >= 15 is 0 Å². The van der Waals surface area contributed by atoms with Gasteiger partial charge in [0.1, 0.15) is 11.4 Å². The second kappa shape index (κ2) is 9.40. The maximum atomic E-state index is 13.4. The van der Waals surface area contributed by atoms with Crippen LogP contribution in [0.1, 0.15) is 43.4 Å². The Bertz CT molecular complexity index is 1120. The molecule has 2 atom stereocenters. The Hall–Kier alpha value is -3.74. The molecule has 6 nitrogen and oxygen atoms in total. The molecule has 1 amide bonds. The van der Waals surface area contributed by atoms with Gasteiger partial charge in [-0.3, -0.25) is 9.78 Å². The van der Waals surface area contributed by atoms with Gasteiger partial charge in [-0.15, -0.1) is 0 Å². The van der Waals surface area contributed by atoms with Crippen molar-refractivity contribution in [3.63, 3.8) is 0 Å². The average Bonchev–Trinajstić information content (AvgIpc) is 2.83. The molecule has 0 unspecified atom stereocenters. The Balaban J connectivity index is 1.52. The van der Waals surface area contributed by atoms with Crippen LogP contribution in [0, 0.1) is 5.82 Å². The van der Waals surface area contributed by atoms with E-state index in [9.17, 15) is 19.1 Å². The topological polar surface area (TPSA) is 79.7 Å². The van der Waals surface area contributed by atoms with Crippen molar-refractivity contribution in [3.8, 4) is 11.1 Å². The van der Waals surface area contributed by atoms with Crippen LogP contribution in [0.25, 0.3) is 11.1 Å². The summed E-state index contributed by atoms with van der Waals surface area (Å²) >= 11 is 0. The number of hydrogen-bond acceptors (Lipinski definition) is 4. The van der Waals surface area contributed by atoms with E-state index in [0.29, 0.717) is 18.5 Å². The fourth-order valence-electron chi connectivity index (χ4n) is 4.27. The molecule has 170 valence electrons. The Labute approximate surface area is 191 Å². The van der Waals surface area contributed by atoms with E-state index < -0.39 is 23.5 Å². The molecule has 1 aliphatic rings. The third-order valence-electron chi connectivity index (χ3n) is 6.24. The summed E-state index contributed by atoms with van der Waals surface area (Å²) in [5, 5.41) is 9.19. The zero-order valence-electron chi connectivity index (χ0n) is 18.3. The fourth-order valence-corrected chi connectivity index (χ4v) is 4.27. The van der Waals surface area contributed by atoms with Crippen LogP contribution in [0.4, 0.5) is 9.18 Å². The van der Waals surface area contributed by atoms with Crippen molar-refractivity contribution < 1.29 is 23.8 Å². The lowest BCUT2D eigenvalue weighted by molar-refractivity contribution is -0.139. The van der Waals surface area contributed by atoms with Crippen LogP contribution in [-0.2, 0) is 15.1 Å². The van der Waals surface area contributed by atoms with Crippen LogP contribution in [0.15, 0.2) is 73.1 Å². The minimum atomic E-state index is -1.09. The second-order valence-corrected chi connectivity index (χ2v) is 8.25. The maximum absolute atomic E-state index is 13.4. The highest BCUT2D eigenvalue weighted by Crippen LogP contribution is 2.40. The number of carbonyl (C=O) groups excluding carboxylic acids is 1. The summed E-state index contributed by atoms with van der Waals surface area (Å²) in [4.78, 5) is 30.1. The molecule has 2 heterocycles. The van der Waals surface area contributed by atoms with Crippen molar-refractivity contribution in [2.75, 3.05) is 6.54 Å². The van der Waals surface area contributed by atoms with Crippen LogP contribution < -0.4 is 0 Å². The minimum absolute atomic E-state index is 0.127. The standard InChI is InChI=1S/C26H25FN2O4/c1-18(19-4-6-20(7-5-19)21-3-2-15-28-17-21)29-16-14-26(33-25(29)32,13-12-24(30)31)22-8-10-23(27)11-9-22/h2-11,15,17-18H,12-14,16H2,1H3,(H,30,31)/t18-,26+/m0/s1. The molecule has 0 aliphatic carbocycles. The van der Waals surface area contributed by atoms with Gasteiger partial charge in [-0.2, -0.15) is 0 Å². The zero-order valence-corrected chi connectivity index (χ0v) is 18.3. The summed E-state index contributed by atoms with van der Waals surface area (Å²) in [6.07, 6.45) is 3.39. The van der Waals surface area contributed by atoms with Gasteiger partial charge < -0.3 is 14.7 Å². The quantitative estimate of drug-likeness (QED) is 0.513. The molecule has 0 radical (unpaired) electrons. The molecule has 1 fully saturated rings. The number of nitrogens with zero attached hydrogens (tertiary/aromatic N) is 2. The van der Waals surface area contributed by atoms with E-state index in [2.05, 4.69) is 4.98 Å². The molecule has 1 N–H and O–H groups in total. The van der Waals surface area contributed by atoms with Gasteiger partial charge in [0.2, 0.25) is 0 Å². The first-order valence-corrected chi connectivity index (χ1v) is 10.9. The Morgan fingerprint density at radius 3 is 2.48 bits per heavy atom. The number of benzene rings is 2. The molecule has 33 heavy (non-hydrogen) atoms. The molecule has 0 spiro atoms. The predicted octanol–water partition coefficient (Wildman–Crippen LogP) is 5.55. The van der Waals surface area contributed by atoms with Gasteiger partial charge in [0, 0.05) is 38.2 Å². The SMILES string of the molecule is C[C@@H](c1ccc(-c2cccnc2)cc1)N1CC[C@](CCC(=O)O)(c2ccc(F)cc2)OC1=O. The molecular weight excluding hydrogens is 423 g/mol. The number of aromatic nitrogens is 1. The van der Waals surface area contributed by atoms with E-state index in [0.717, 1.165) is 16.7 Å². The van der Waals surface area contributed by atoms with Crippen LogP contribution in [0.5, 0.6) is 0 Å². The third-order valence-corrected chi connectivity index (χ3v) is 6.24. The van der Waals surface area contributed by atoms with Gasteiger partial charge in [0.25, 0.3) is 0 Å². The van der Waals surface area contributed by atoms with Crippen molar-refractivity contribution in [3.05, 3.63) is 90.0 Å². The second-order valence-electron chi connectivity index (χ2n) is 8.25. The molecular formula is C26H25FN2O4. The molecule has 4 rings (SSSR count). The number of carbonyl (C=O) groups is 2. The lowest BCUT2D eigenvalue weighted by atomic mass is 9.84. The Kier molecular flexibility index (Phi) is 6.40. The highest BCUT2D eigenvalue weighted by molar-refractivity contribution is 5.71. The molecule has 7 heteroatoms. The summed E-state index contributed by atoms with van der Waals surface area (Å²) in [7, 11) is 0. The normalized spacial score (nSPS) is 19.1. The monoisotopic (exact) mass is 448 g/mol. The predicted molar refractivity (Wildman–Crippen MR) is 121 cm³/mol. The maximum Gasteiger partial charge on any atom is 0.411 e. The number of cyclic esters (lactones) is 1. The van der Waals surface area contributed by atoms with Gasteiger partial charge >= 0.3 is 12.1 Å². The molecule has 0 bridgehead atoms. The highest BCUT2D eigenvalue weighted by Gasteiger charge is 2.43. The van der Waals surface area contributed by atoms with Crippen LogP contribution in [0.2, 0.25) is 0 Å². The molecule has 1 saturated heterocycles. The first-order chi connectivity index (χ1) is 15.9. The van der Waals surface area contributed by atoms with E-state index in [1.54, 1.807) is 29.4 Å². The van der Waals surface area contributed by atoms with Gasteiger partial charge in [-0.05, 0) is 47.4 Å². The number of pyridine rings is 1. The van der Waals surface area contributed by atoms with Crippen molar-refractivity contribution in [1.82, 2.24) is 9.88 Å². The molecule has 2 aromatic carbocycles. The largest absolute Gasteiger partial charge is 0.481 e. The fraction of sp³-hybridized carbons (Fsp3) is 0.269. The molecule has 1 aliphatic heterocycles. The van der Waals surface area contributed by atoms with E-state index in [-0.39, 0.29) is 18.9 Å².